The third-order valence-electron chi connectivity index (χ3n) is 6.40. The number of hydrogen-bond acceptors (Lipinski definition) is 6. The average molecular weight is 557 g/mol. The van der Waals surface area contributed by atoms with Crippen LogP contribution in [0.25, 0.3) is 10.6 Å². The van der Waals surface area contributed by atoms with Crippen LogP contribution in [0.3, 0.4) is 0 Å². The predicted molar refractivity (Wildman–Crippen MR) is 149 cm³/mol. The van der Waals surface area contributed by atoms with Gasteiger partial charge < -0.3 is 19.9 Å². The Bertz CT molecular complexity index is 1290. The van der Waals surface area contributed by atoms with Crippen molar-refractivity contribution in [3.05, 3.63) is 69.2 Å². The maximum absolute atomic E-state index is 13.2. The number of amides is 1. The highest BCUT2D eigenvalue weighted by atomic mass is 35.5. The van der Waals surface area contributed by atoms with Crippen LogP contribution in [0.5, 0.6) is 5.75 Å². The second kappa shape index (κ2) is 12.7. The van der Waals surface area contributed by atoms with Gasteiger partial charge >= 0.3 is 5.97 Å². The van der Waals surface area contributed by atoms with Crippen LogP contribution in [0.4, 0.5) is 0 Å². The van der Waals surface area contributed by atoms with Gasteiger partial charge in [0.05, 0.1) is 22.9 Å². The number of aliphatic carboxylic acids is 1. The summed E-state index contributed by atoms with van der Waals surface area (Å²) in [6.07, 6.45) is 3.48. The fraction of sp³-hybridized carbons (Fsp3) is 0.414. The second-order valence-corrected chi connectivity index (χ2v) is 11.2. The largest absolute Gasteiger partial charge is 0.490 e. The molecule has 2 N–H and O–H groups in total. The first-order chi connectivity index (χ1) is 18.2. The van der Waals surface area contributed by atoms with Crippen LogP contribution in [-0.2, 0) is 22.5 Å². The van der Waals surface area contributed by atoms with E-state index in [-0.39, 0.29) is 31.1 Å². The smallest absolute Gasteiger partial charge is 0.333 e. The SMILES string of the molecule is Cc1nc(-c2ccccc2Cl)sc1C(=O)NCc1cc(CC(OC(C)C)C(=O)O)ccc1OC1CCCC1. The first-order valence-electron chi connectivity index (χ1n) is 12.9. The van der Waals surface area contributed by atoms with Crippen molar-refractivity contribution in [1.82, 2.24) is 10.3 Å². The Morgan fingerprint density at radius 1 is 1.18 bits per heavy atom. The zero-order valence-electron chi connectivity index (χ0n) is 21.8. The lowest BCUT2D eigenvalue weighted by molar-refractivity contribution is -0.153. The molecule has 0 bridgehead atoms. The van der Waals surface area contributed by atoms with Gasteiger partial charge in [-0.3, -0.25) is 4.79 Å². The molecule has 0 spiro atoms. The number of rotatable bonds is 11. The molecule has 1 saturated carbocycles. The Balaban J connectivity index is 1.53. The third kappa shape index (κ3) is 7.12. The summed E-state index contributed by atoms with van der Waals surface area (Å²) in [5.41, 5.74) is 3.02. The second-order valence-electron chi connectivity index (χ2n) is 9.78. The van der Waals surface area contributed by atoms with Crippen molar-refractivity contribution in [2.45, 2.75) is 77.7 Å². The van der Waals surface area contributed by atoms with E-state index in [1.807, 2.05) is 57.2 Å². The molecule has 4 rings (SSSR count). The van der Waals surface area contributed by atoms with E-state index >= 15 is 0 Å². The quantitative estimate of drug-likeness (QED) is 0.282. The number of carboxylic acids is 1. The molecule has 1 fully saturated rings. The lowest BCUT2D eigenvalue weighted by atomic mass is 10.0. The standard InChI is InChI=1S/C29H33ClN2O5S/c1-17(2)36-25(29(34)35)15-19-12-13-24(37-21-8-4-5-9-21)20(14-19)16-31-27(33)26-18(3)32-28(38-26)22-10-6-7-11-23(22)30/h6-7,10-14,17,21,25H,4-5,8-9,15-16H2,1-3H3,(H,31,33)(H,34,35). The summed E-state index contributed by atoms with van der Waals surface area (Å²) in [7, 11) is 0. The molecule has 0 saturated heterocycles. The van der Waals surface area contributed by atoms with Gasteiger partial charge in [0.2, 0.25) is 0 Å². The van der Waals surface area contributed by atoms with Gasteiger partial charge in [-0.25, -0.2) is 9.78 Å². The Kier molecular flexibility index (Phi) is 9.41. The maximum atomic E-state index is 13.2. The van der Waals surface area contributed by atoms with Gasteiger partial charge in [-0.2, -0.15) is 0 Å². The maximum Gasteiger partial charge on any atom is 0.333 e. The highest BCUT2D eigenvalue weighted by Crippen LogP contribution is 2.33. The molecule has 7 nitrogen and oxygen atoms in total. The zero-order valence-corrected chi connectivity index (χ0v) is 23.4. The molecule has 38 heavy (non-hydrogen) atoms. The van der Waals surface area contributed by atoms with Crippen molar-refractivity contribution in [2.24, 2.45) is 0 Å². The van der Waals surface area contributed by atoms with Crippen molar-refractivity contribution in [3.8, 4) is 16.3 Å². The number of thiazole rings is 1. The van der Waals surface area contributed by atoms with Crippen molar-refractivity contribution >= 4 is 34.8 Å². The van der Waals surface area contributed by atoms with E-state index in [0.717, 1.165) is 42.4 Å². The summed E-state index contributed by atoms with van der Waals surface area (Å²) in [5, 5.41) is 13.9. The monoisotopic (exact) mass is 556 g/mol. The summed E-state index contributed by atoms with van der Waals surface area (Å²) < 4.78 is 11.9. The fourth-order valence-electron chi connectivity index (χ4n) is 4.55. The number of hydrogen-bond donors (Lipinski definition) is 2. The van der Waals surface area contributed by atoms with Crippen molar-refractivity contribution < 1.29 is 24.2 Å². The van der Waals surface area contributed by atoms with E-state index in [1.54, 1.807) is 6.07 Å². The number of carbonyl (C=O) groups excluding carboxylic acids is 1. The molecule has 0 radical (unpaired) electrons. The molecular weight excluding hydrogens is 524 g/mol. The highest BCUT2D eigenvalue weighted by Gasteiger charge is 2.23. The first-order valence-corrected chi connectivity index (χ1v) is 14.1. The van der Waals surface area contributed by atoms with Crippen LogP contribution < -0.4 is 10.1 Å². The van der Waals surface area contributed by atoms with E-state index < -0.39 is 12.1 Å². The van der Waals surface area contributed by atoms with E-state index in [9.17, 15) is 14.7 Å². The Morgan fingerprint density at radius 3 is 2.61 bits per heavy atom. The normalized spacial score (nSPS) is 14.6. The number of nitrogens with zero attached hydrogens (tertiary/aromatic N) is 1. The summed E-state index contributed by atoms with van der Waals surface area (Å²) in [4.78, 5) is 30.0. The van der Waals surface area contributed by atoms with E-state index in [0.29, 0.717) is 26.4 Å². The Labute approximate surface area is 232 Å². The van der Waals surface area contributed by atoms with Crippen LogP contribution >= 0.6 is 22.9 Å². The minimum Gasteiger partial charge on any atom is -0.490 e. The summed E-state index contributed by atoms with van der Waals surface area (Å²) >= 11 is 7.63. The van der Waals surface area contributed by atoms with Gasteiger partial charge in [0.15, 0.2) is 6.10 Å². The molecule has 1 unspecified atom stereocenters. The average Bonchev–Trinajstić information content (AvgIpc) is 3.53. The van der Waals surface area contributed by atoms with Crippen LogP contribution in [0, 0.1) is 6.92 Å². The molecule has 1 amide bonds. The fourth-order valence-corrected chi connectivity index (χ4v) is 5.85. The number of carbonyl (C=O) groups is 2. The number of nitrogens with one attached hydrogen (secondary N) is 1. The molecule has 9 heteroatoms. The minimum absolute atomic E-state index is 0.147. The molecule has 1 aromatic heterocycles. The van der Waals surface area contributed by atoms with Crippen molar-refractivity contribution in [1.29, 1.82) is 0 Å². The van der Waals surface area contributed by atoms with Crippen LogP contribution in [0.15, 0.2) is 42.5 Å². The highest BCUT2D eigenvalue weighted by molar-refractivity contribution is 7.17. The number of aryl methyl sites for hydroxylation is 1. The predicted octanol–water partition coefficient (Wildman–Crippen LogP) is 6.44. The van der Waals surface area contributed by atoms with Gasteiger partial charge in [0, 0.05) is 24.1 Å². The number of aromatic nitrogens is 1. The van der Waals surface area contributed by atoms with Gasteiger partial charge in [-0.1, -0.05) is 41.9 Å². The Hall–Kier alpha value is -2.94. The molecule has 0 aliphatic heterocycles. The number of benzene rings is 2. The summed E-state index contributed by atoms with van der Waals surface area (Å²) in [6.45, 7) is 5.67. The van der Waals surface area contributed by atoms with Crippen LogP contribution in [-0.4, -0.2) is 40.3 Å². The number of halogens is 1. The molecule has 2 aromatic carbocycles. The van der Waals surface area contributed by atoms with Gasteiger partial charge in [0.1, 0.15) is 15.6 Å². The van der Waals surface area contributed by atoms with Crippen LogP contribution in [0.2, 0.25) is 5.02 Å². The lowest BCUT2D eigenvalue weighted by Gasteiger charge is -2.20. The van der Waals surface area contributed by atoms with Gasteiger partial charge in [-0.05, 0) is 64.2 Å². The molecular formula is C29H33ClN2O5S. The van der Waals surface area contributed by atoms with E-state index in [2.05, 4.69) is 10.3 Å². The van der Waals surface area contributed by atoms with Crippen molar-refractivity contribution in [3.63, 3.8) is 0 Å². The lowest BCUT2D eigenvalue weighted by Crippen LogP contribution is -2.29. The van der Waals surface area contributed by atoms with E-state index in [4.69, 9.17) is 21.1 Å². The first kappa shape index (κ1) is 28.1. The molecule has 3 aromatic rings. The number of carboxylic acid groups (broad SMARTS) is 1. The molecule has 202 valence electrons. The molecule has 1 aliphatic carbocycles. The van der Waals surface area contributed by atoms with Gasteiger partial charge in [0.25, 0.3) is 5.91 Å². The Morgan fingerprint density at radius 2 is 1.92 bits per heavy atom. The molecule has 1 atom stereocenters. The van der Waals surface area contributed by atoms with E-state index in [1.165, 1.54) is 11.3 Å². The summed E-state index contributed by atoms with van der Waals surface area (Å²) in [6, 6.07) is 13.1. The van der Waals surface area contributed by atoms with Crippen molar-refractivity contribution in [2.75, 3.05) is 0 Å². The zero-order chi connectivity index (χ0) is 27.2. The molecule has 1 aliphatic rings. The minimum atomic E-state index is -1.00. The van der Waals surface area contributed by atoms with Crippen LogP contribution in [0.1, 0.15) is 66.0 Å². The van der Waals surface area contributed by atoms with Gasteiger partial charge in [-0.15, -0.1) is 11.3 Å². The third-order valence-corrected chi connectivity index (χ3v) is 7.92. The number of ether oxygens (including phenoxy) is 2. The topological polar surface area (TPSA) is 97.8 Å². The summed E-state index contributed by atoms with van der Waals surface area (Å²) in [5.74, 6) is -0.535. The molecule has 1 heterocycles.